The summed E-state index contributed by atoms with van der Waals surface area (Å²) >= 11 is 5.69. The summed E-state index contributed by atoms with van der Waals surface area (Å²) < 4.78 is 18.6. The summed E-state index contributed by atoms with van der Waals surface area (Å²) in [7, 11) is 0. The molecule has 34 heavy (non-hydrogen) atoms. The second-order valence-corrected chi connectivity index (χ2v) is 7.46. The number of rotatable bonds is 7. The predicted molar refractivity (Wildman–Crippen MR) is 128 cm³/mol. The number of aryl methyl sites for hydroxylation is 1. The van der Waals surface area contributed by atoms with E-state index >= 15 is 0 Å². The fraction of sp³-hybridized carbons (Fsp3) is 0.0833. The average Bonchev–Trinajstić information content (AvgIpc) is 2.82. The molecule has 3 amide bonds. The summed E-state index contributed by atoms with van der Waals surface area (Å²) in [5.74, 6) is -2.46. The van der Waals surface area contributed by atoms with Crippen LogP contribution in [0.15, 0.2) is 71.8 Å². The minimum Gasteiger partial charge on any atom is -0.484 e. The van der Waals surface area contributed by atoms with Crippen LogP contribution in [0.25, 0.3) is 0 Å². The molecule has 0 fully saturated rings. The van der Waals surface area contributed by atoms with E-state index in [1.165, 1.54) is 18.3 Å². The lowest BCUT2D eigenvalue weighted by atomic mass is 10.2. The van der Waals surface area contributed by atoms with E-state index in [0.717, 1.165) is 11.6 Å². The van der Waals surface area contributed by atoms with Crippen molar-refractivity contribution in [3.63, 3.8) is 0 Å². The van der Waals surface area contributed by atoms with Gasteiger partial charge in [0.15, 0.2) is 6.61 Å². The van der Waals surface area contributed by atoms with Gasteiger partial charge in [0.2, 0.25) is 0 Å². The van der Waals surface area contributed by atoms with Crippen molar-refractivity contribution in [2.75, 3.05) is 17.2 Å². The lowest BCUT2D eigenvalue weighted by Gasteiger charge is -2.08. The first-order valence-corrected chi connectivity index (χ1v) is 10.4. The molecule has 0 aliphatic heterocycles. The largest absolute Gasteiger partial charge is 0.484 e. The van der Waals surface area contributed by atoms with E-state index < -0.39 is 23.5 Å². The molecule has 0 aromatic heterocycles. The molecule has 0 bridgehead atoms. The molecule has 3 aromatic carbocycles. The molecule has 10 heteroatoms. The molecule has 0 saturated heterocycles. The number of ether oxygens (including phenoxy) is 1. The zero-order valence-corrected chi connectivity index (χ0v) is 18.7. The Morgan fingerprint density at radius 1 is 0.971 bits per heavy atom. The third-order valence-corrected chi connectivity index (χ3v) is 4.62. The zero-order valence-electron chi connectivity index (χ0n) is 18.0. The highest BCUT2D eigenvalue weighted by Gasteiger charge is 2.12. The highest BCUT2D eigenvalue weighted by atomic mass is 35.5. The lowest BCUT2D eigenvalue weighted by Crippen LogP contribution is -2.32. The molecule has 0 saturated carbocycles. The Labute approximate surface area is 199 Å². The molecule has 0 aliphatic carbocycles. The quantitative estimate of drug-likeness (QED) is 0.269. The maximum Gasteiger partial charge on any atom is 0.329 e. The van der Waals surface area contributed by atoms with Gasteiger partial charge in [-0.3, -0.25) is 14.4 Å². The van der Waals surface area contributed by atoms with Gasteiger partial charge in [0.1, 0.15) is 11.6 Å². The van der Waals surface area contributed by atoms with Gasteiger partial charge in [0, 0.05) is 11.4 Å². The average molecular weight is 483 g/mol. The van der Waals surface area contributed by atoms with Gasteiger partial charge in [0.25, 0.3) is 5.91 Å². The second kappa shape index (κ2) is 11.6. The minimum absolute atomic E-state index is 0.106. The molecule has 8 nitrogen and oxygen atoms in total. The topological polar surface area (TPSA) is 109 Å². The molecule has 3 aromatic rings. The van der Waals surface area contributed by atoms with Crippen molar-refractivity contribution < 1.29 is 23.5 Å². The Morgan fingerprint density at radius 3 is 2.44 bits per heavy atom. The summed E-state index contributed by atoms with van der Waals surface area (Å²) in [6.07, 6.45) is 1.32. The van der Waals surface area contributed by atoms with Crippen molar-refractivity contribution in [3.8, 4) is 5.75 Å². The van der Waals surface area contributed by atoms with Crippen molar-refractivity contribution in [3.05, 3.63) is 88.7 Å². The van der Waals surface area contributed by atoms with Crippen LogP contribution < -0.4 is 20.8 Å². The van der Waals surface area contributed by atoms with Gasteiger partial charge in [-0.2, -0.15) is 5.10 Å². The summed E-state index contributed by atoms with van der Waals surface area (Å²) in [5, 5.41) is 8.67. The number of nitrogens with zero attached hydrogens (tertiary/aromatic N) is 1. The first-order valence-electron chi connectivity index (χ1n) is 9.99. The molecular weight excluding hydrogens is 463 g/mol. The van der Waals surface area contributed by atoms with E-state index in [4.69, 9.17) is 16.3 Å². The van der Waals surface area contributed by atoms with Crippen LogP contribution in [-0.2, 0) is 14.4 Å². The van der Waals surface area contributed by atoms with E-state index in [0.29, 0.717) is 22.7 Å². The van der Waals surface area contributed by atoms with E-state index in [1.54, 1.807) is 36.4 Å². The molecule has 0 heterocycles. The van der Waals surface area contributed by atoms with Crippen LogP contribution in [-0.4, -0.2) is 30.5 Å². The van der Waals surface area contributed by atoms with Gasteiger partial charge in [-0.15, -0.1) is 0 Å². The fourth-order valence-corrected chi connectivity index (χ4v) is 2.83. The van der Waals surface area contributed by atoms with Gasteiger partial charge in [-0.25, -0.2) is 9.82 Å². The highest BCUT2D eigenvalue weighted by molar-refractivity contribution is 6.39. The van der Waals surface area contributed by atoms with Crippen LogP contribution in [0.2, 0.25) is 5.02 Å². The summed E-state index contributed by atoms with van der Waals surface area (Å²) in [4.78, 5) is 35.9. The molecule has 3 N–H and O–H groups in total. The van der Waals surface area contributed by atoms with Crippen molar-refractivity contribution in [2.24, 2.45) is 5.10 Å². The van der Waals surface area contributed by atoms with Crippen molar-refractivity contribution in [2.45, 2.75) is 6.92 Å². The first kappa shape index (κ1) is 24.4. The molecule has 3 rings (SSSR count). The number of carbonyl (C=O) groups is 3. The predicted octanol–water partition coefficient (Wildman–Crippen LogP) is 3.89. The van der Waals surface area contributed by atoms with Gasteiger partial charge < -0.3 is 15.4 Å². The van der Waals surface area contributed by atoms with Crippen LogP contribution in [0.5, 0.6) is 5.75 Å². The molecular formula is C24H20ClFN4O4. The summed E-state index contributed by atoms with van der Waals surface area (Å²) in [6.45, 7) is 1.61. The molecule has 0 aliphatic rings. The highest BCUT2D eigenvalue weighted by Crippen LogP contribution is 2.19. The number of anilines is 2. The maximum absolute atomic E-state index is 13.2. The molecule has 0 radical (unpaired) electrons. The Bertz CT molecular complexity index is 1230. The third-order valence-electron chi connectivity index (χ3n) is 4.33. The Balaban J connectivity index is 1.48. The first-order chi connectivity index (χ1) is 16.3. The number of carbonyl (C=O) groups excluding carboxylic acids is 3. The number of hydrazone groups is 1. The number of halogens is 2. The van der Waals surface area contributed by atoms with Crippen molar-refractivity contribution >= 4 is 46.9 Å². The Kier molecular flexibility index (Phi) is 8.31. The minimum atomic E-state index is -0.929. The van der Waals surface area contributed by atoms with Crippen LogP contribution in [0.3, 0.4) is 0 Å². The van der Waals surface area contributed by atoms with Gasteiger partial charge in [-0.05, 0) is 55.0 Å². The summed E-state index contributed by atoms with van der Waals surface area (Å²) in [6, 6.07) is 17.4. The van der Waals surface area contributed by atoms with E-state index in [9.17, 15) is 18.8 Å². The standard InChI is InChI=1S/C24H20ClFN4O4/c1-15-5-7-17(8-6-15)29-23(32)24(33)30-27-13-16-3-2-4-19(11-16)34-14-22(31)28-18-9-10-21(26)20(25)12-18/h2-13H,14H2,1H3,(H,28,31)(H,29,32)(H,30,33)/b27-13-. The normalized spacial score (nSPS) is 10.6. The van der Waals surface area contributed by atoms with Crippen molar-refractivity contribution in [1.29, 1.82) is 0 Å². The van der Waals surface area contributed by atoms with E-state index in [2.05, 4.69) is 21.2 Å². The van der Waals surface area contributed by atoms with E-state index in [1.807, 2.05) is 19.1 Å². The van der Waals surface area contributed by atoms with Crippen LogP contribution in [0.4, 0.5) is 15.8 Å². The van der Waals surface area contributed by atoms with Crippen LogP contribution >= 0.6 is 11.6 Å². The van der Waals surface area contributed by atoms with E-state index in [-0.39, 0.29) is 11.6 Å². The van der Waals surface area contributed by atoms with Gasteiger partial charge in [-0.1, -0.05) is 41.4 Å². The molecule has 174 valence electrons. The molecule has 0 spiro atoms. The Morgan fingerprint density at radius 2 is 1.71 bits per heavy atom. The smallest absolute Gasteiger partial charge is 0.329 e. The monoisotopic (exact) mass is 482 g/mol. The second-order valence-electron chi connectivity index (χ2n) is 7.06. The number of nitrogens with one attached hydrogen (secondary N) is 3. The SMILES string of the molecule is Cc1ccc(NC(=O)C(=O)N/N=C\c2cccc(OCC(=O)Nc3ccc(F)c(Cl)c3)c2)cc1. The Hall–Kier alpha value is -4.24. The number of hydrogen-bond acceptors (Lipinski definition) is 5. The van der Waals surface area contributed by atoms with Crippen molar-refractivity contribution in [1.82, 2.24) is 5.43 Å². The third kappa shape index (κ3) is 7.42. The van der Waals surface area contributed by atoms with Gasteiger partial charge in [0.05, 0.1) is 11.2 Å². The van der Waals surface area contributed by atoms with Gasteiger partial charge >= 0.3 is 11.8 Å². The maximum atomic E-state index is 13.2. The van der Waals surface area contributed by atoms with Crippen LogP contribution in [0, 0.1) is 12.7 Å². The van der Waals surface area contributed by atoms with Crippen LogP contribution in [0.1, 0.15) is 11.1 Å². The lowest BCUT2D eigenvalue weighted by molar-refractivity contribution is -0.136. The number of benzene rings is 3. The molecule has 0 unspecified atom stereocenters. The number of hydrogen-bond donors (Lipinski definition) is 3. The zero-order chi connectivity index (χ0) is 24.5. The number of amides is 3. The summed E-state index contributed by atoms with van der Waals surface area (Å²) in [5.41, 5.74) is 4.55. The molecule has 0 atom stereocenters. The fourth-order valence-electron chi connectivity index (χ4n) is 2.65.